The minimum Gasteiger partial charge on any atom is -0.395 e. The van der Waals surface area contributed by atoms with E-state index in [9.17, 15) is 4.79 Å². The Morgan fingerprint density at radius 3 is 2.84 bits per heavy atom. The molecule has 0 bridgehead atoms. The van der Waals surface area contributed by atoms with E-state index in [-0.39, 0.29) is 12.5 Å². The zero-order chi connectivity index (χ0) is 13.8. The number of carbonyl (C=O) groups is 1. The summed E-state index contributed by atoms with van der Waals surface area (Å²) in [7, 11) is 1.66. The summed E-state index contributed by atoms with van der Waals surface area (Å²) in [6.45, 7) is 2.29. The maximum atomic E-state index is 12.0. The van der Waals surface area contributed by atoms with Gasteiger partial charge in [-0.05, 0) is 12.5 Å². The normalized spacial score (nSPS) is 10.5. The lowest BCUT2D eigenvalue weighted by Gasteiger charge is -2.13. The van der Waals surface area contributed by atoms with Gasteiger partial charge in [-0.25, -0.2) is 4.98 Å². The van der Waals surface area contributed by atoms with E-state index in [2.05, 4.69) is 4.98 Å². The molecule has 0 radical (unpaired) electrons. The highest BCUT2D eigenvalue weighted by Gasteiger charge is 2.16. The van der Waals surface area contributed by atoms with Crippen LogP contribution in [0.4, 0.5) is 0 Å². The molecule has 1 amide bonds. The summed E-state index contributed by atoms with van der Waals surface area (Å²) in [4.78, 5) is 17.9. The van der Waals surface area contributed by atoms with Crippen molar-refractivity contribution in [3.05, 3.63) is 40.9 Å². The molecule has 0 atom stereocenters. The molecule has 1 aromatic carbocycles. The number of aryl methyl sites for hydroxylation is 1. The summed E-state index contributed by atoms with van der Waals surface area (Å²) in [6, 6.07) is 7.96. The van der Waals surface area contributed by atoms with Crippen molar-refractivity contribution in [2.75, 3.05) is 20.2 Å². The van der Waals surface area contributed by atoms with Gasteiger partial charge in [-0.1, -0.05) is 24.3 Å². The summed E-state index contributed by atoms with van der Waals surface area (Å²) in [5.41, 5.74) is 2.62. The van der Waals surface area contributed by atoms with Crippen LogP contribution in [0, 0.1) is 6.92 Å². The van der Waals surface area contributed by atoms with E-state index in [1.54, 1.807) is 12.4 Å². The van der Waals surface area contributed by atoms with Crippen LogP contribution in [0.2, 0.25) is 0 Å². The first-order valence-corrected chi connectivity index (χ1v) is 6.89. The Morgan fingerprint density at radius 1 is 1.42 bits per heavy atom. The quantitative estimate of drug-likeness (QED) is 0.931. The van der Waals surface area contributed by atoms with Gasteiger partial charge in [0, 0.05) is 24.5 Å². The molecule has 4 nitrogen and oxygen atoms in total. The van der Waals surface area contributed by atoms with Gasteiger partial charge in [0.1, 0.15) is 10.7 Å². The van der Waals surface area contributed by atoms with Crippen LogP contribution in [0.1, 0.15) is 16.1 Å². The van der Waals surface area contributed by atoms with Gasteiger partial charge in [0.25, 0.3) is 5.91 Å². The van der Waals surface area contributed by atoms with Gasteiger partial charge in [0.2, 0.25) is 0 Å². The summed E-state index contributed by atoms with van der Waals surface area (Å²) in [6.07, 6.45) is 0. The Balaban J connectivity index is 2.25. The predicted molar refractivity (Wildman–Crippen MR) is 76.3 cm³/mol. The Bertz CT molecular complexity index is 580. The van der Waals surface area contributed by atoms with E-state index in [0.717, 1.165) is 16.1 Å². The van der Waals surface area contributed by atoms with Gasteiger partial charge in [0.15, 0.2) is 0 Å². The van der Waals surface area contributed by atoms with Crippen molar-refractivity contribution < 1.29 is 9.90 Å². The van der Waals surface area contributed by atoms with Crippen LogP contribution in [0.15, 0.2) is 29.6 Å². The zero-order valence-electron chi connectivity index (χ0n) is 11.0. The molecule has 0 aliphatic rings. The summed E-state index contributed by atoms with van der Waals surface area (Å²) in [5.74, 6) is -0.162. The molecular weight excluding hydrogens is 260 g/mol. The lowest BCUT2D eigenvalue weighted by molar-refractivity contribution is 0.0762. The SMILES string of the molecule is Cc1ccccc1-c1nc(C(=O)N(C)CCO)cs1. The summed E-state index contributed by atoms with van der Waals surface area (Å²) >= 11 is 1.46. The zero-order valence-corrected chi connectivity index (χ0v) is 11.8. The number of amides is 1. The second kappa shape index (κ2) is 5.95. The number of hydrogen-bond acceptors (Lipinski definition) is 4. The molecule has 5 heteroatoms. The Kier molecular flexibility index (Phi) is 4.29. The van der Waals surface area contributed by atoms with Crippen LogP contribution in [0.25, 0.3) is 10.6 Å². The van der Waals surface area contributed by atoms with Crippen LogP contribution < -0.4 is 0 Å². The number of thiazole rings is 1. The molecule has 0 saturated heterocycles. The fourth-order valence-corrected chi connectivity index (χ4v) is 2.64. The molecule has 0 saturated carbocycles. The molecule has 0 unspecified atom stereocenters. The van der Waals surface area contributed by atoms with E-state index in [1.165, 1.54) is 16.2 Å². The molecule has 1 heterocycles. The smallest absolute Gasteiger partial charge is 0.273 e. The number of nitrogens with zero attached hydrogens (tertiary/aromatic N) is 2. The Morgan fingerprint density at radius 2 is 2.16 bits per heavy atom. The molecule has 2 rings (SSSR count). The Hall–Kier alpha value is -1.72. The highest BCUT2D eigenvalue weighted by atomic mass is 32.1. The number of aromatic nitrogens is 1. The molecular formula is C14H16N2O2S. The fraction of sp³-hybridized carbons (Fsp3) is 0.286. The van der Waals surface area contributed by atoms with E-state index in [0.29, 0.717) is 12.2 Å². The second-order valence-electron chi connectivity index (χ2n) is 4.30. The topological polar surface area (TPSA) is 53.4 Å². The van der Waals surface area contributed by atoms with Crippen LogP contribution in [-0.2, 0) is 0 Å². The lowest BCUT2D eigenvalue weighted by Crippen LogP contribution is -2.29. The van der Waals surface area contributed by atoms with Crippen molar-refractivity contribution in [1.82, 2.24) is 9.88 Å². The first kappa shape index (κ1) is 13.7. The van der Waals surface area contributed by atoms with E-state index in [1.807, 2.05) is 31.2 Å². The monoisotopic (exact) mass is 276 g/mol. The molecule has 1 N–H and O–H groups in total. The molecule has 100 valence electrons. The highest BCUT2D eigenvalue weighted by Crippen LogP contribution is 2.26. The first-order chi connectivity index (χ1) is 9.13. The van der Waals surface area contributed by atoms with Gasteiger partial charge in [-0.2, -0.15) is 0 Å². The maximum absolute atomic E-state index is 12.0. The molecule has 0 fully saturated rings. The third-order valence-corrected chi connectivity index (χ3v) is 3.76. The molecule has 19 heavy (non-hydrogen) atoms. The Labute approximate surface area is 116 Å². The predicted octanol–water partition coefficient (Wildman–Crippen LogP) is 2.18. The van der Waals surface area contributed by atoms with Crippen molar-refractivity contribution in [3.8, 4) is 10.6 Å². The number of carbonyl (C=O) groups excluding carboxylic acids is 1. The number of hydrogen-bond donors (Lipinski definition) is 1. The summed E-state index contributed by atoms with van der Waals surface area (Å²) in [5, 5.41) is 11.4. The minimum absolute atomic E-state index is 0.0446. The van der Waals surface area contributed by atoms with Gasteiger partial charge < -0.3 is 10.0 Å². The number of benzene rings is 1. The van der Waals surface area contributed by atoms with Crippen molar-refractivity contribution >= 4 is 17.2 Å². The van der Waals surface area contributed by atoms with Gasteiger partial charge in [-0.15, -0.1) is 11.3 Å². The van der Waals surface area contributed by atoms with Crippen molar-refractivity contribution in [3.63, 3.8) is 0 Å². The third kappa shape index (κ3) is 3.00. The number of likely N-dealkylation sites (N-methyl/N-ethyl adjacent to an activating group) is 1. The maximum Gasteiger partial charge on any atom is 0.273 e. The summed E-state index contributed by atoms with van der Waals surface area (Å²) < 4.78 is 0. The molecule has 2 aromatic rings. The average Bonchev–Trinajstić information content (AvgIpc) is 2.88. The molecule has 0 spiro atoms. The standard InChI is InChI=1S/C14H16N2O2S/c1-10-5-3-4-6-11(10)13-15-12(9-19-13)14(18)16(2)7-8-17/h3-6,9,17H,7-8H2,1-2H3. The first-order valence-electron chi connectivity index (χ1n) is 6.01. The van der Waals surface area contributed by atoms with Crippen LogP contribution in [-0.4, -0.2) is 41.1 Å². The van der Waals surface area contributed by atoms with Gasteiger partial charge in [-0.3, -0.25) is 4.79 Å². The lowest BCUT2D eigenvalue weighted by atomic mass is 10.1. The minimum atomic E-state index is -0.162. The van der Waals surface area contributed by atoms with Crippen molar-refractivity contribution in [1.29, 1.82) is 0 Å². The number of aliphatic hydroxyl groups excluding tert-OH is 1. The van der Waals surface area contributed by atoms with Crippen molar-refractivity contribution in [2.45, 2.75) is 6.92 Å². The highest BCUT2D eigenvalue weighted by molar-refractivity contribution is 7.13. The molecule has 1 aromatic heterocycles. The second-order valence-corrected chi connectivity index (χ2v) is 5.16. The van der Waals surface area contributed by atoms with E-state index < -0.39 is 0 Å². The van der Waals surface area contributed by atoms with Gasteiger partial charge >= 0.3 is 0 Å². The van der Waals surface area contributed by atoms with Crippen LogP contribution in [0.5, 0.6) is 0 Å². The van der Waals surface area contributed by atoms with E-state index in [4.69, 9.17) is 5.11 Å². The third-order valence-electron chi connectivity index (χ3n) is 2.88. The largest absolute Gasteiger partial charge is 0.395 e. The number of aliphatic hydroxyl groups is 1. The van der Waals surface area contributed by atoms with Crippen LogP contribution >= 0.6 is 11.3 Å². The van der Waals surface area contributed by atoms with Crippen LogP contribution in [0.3, 0.4) is 0 Å². The molecule has 0 aliphatic heterocycles. The molecule has 0 aliphatic carbocycles. The van der Waals surface area contributed by atoms with Crippen molar-refractivity contribution in [2.24, 2.45) is 0 Å². The van der Waals surface area contributed by atoms with E-state index >= 15 is 0 Å². The fourth-order valence-electron chi connectivity index (χ4n) is 1.76. The average molecular weight is 276 g/mol. The number of rotatable bonds is 4. The van der Waals surface area contributed by atoms with Gasteiger partial charge in [0.05, 0.1) is 6.61 Å².